The highest BCUT2D eigenvalue weighted by Crippen LogP contribution is 2.44. The third-order valence-corrected chi connectivity index (χ3v) is 10.3. The summed E-state index contributed by atoms with van der Waals surface area (Å²) in [4.78, 5) is 35.5. The van der Waals surface area contributed by atoms with Gasteiger partial charge in [0.1, 0.15) is 24.7 Å². The number of carbonyl (C=O) groups excluding carboxylic acids is 2. The molecule has 1 aromatic rings. The Labute approximate surface area is 317 Å². The van der Waals surface area contributed by atoms with Crippen molar-refractivity contribution in [2.75, 3.05) is 20.3 Å². The highest BCUT2D eigenvalue weighted by Gasteiger charge is 2.27. The van der Waals surface area contributed by atoms with Crippen LogP contribution < -0.4 is 9.26 Å². The van der Waals surface area contributed by atoms with E-state index in [9.17, 15) is 19.0 Å². The van der Waals surface area contributed by atoms with Crippen LogP contribution in [-0.2, 0) is 28.2 Å². The molecule has 0 heterocycles. The Kier molecular flexibility index (Phi) is 30.9. The molecular formula is C42H75O9P. The SMILES string of the molecule is CCCCCCCCCCCCCCCC(=O)OC[C@H](COP(=O)(O)Oc1cccc(OC)c1)OC(=O)CCCCCCCCCCCCCCC. The van der Waals surface area contributed by atoms with E-state index in [1.807, 2.05) is 0 Å². The lowest BCUT2D eigenvalue weighted by Crippen LogP contribution is -2.29. The average Bonchev–Trinajstić information content (AvgIpc) is 3.13. The quantitative estimate of drug-likeness (QED) is 0.0402. The summed E-state index contributed by atoms with van der Waals surface area (Å²) in [5.41, 5.74) is 0. The topological polar surface area (TPSA) is 118 Å². The Bertz CT molecular complexity index is 1050. The molecule has 9 nitrogen and oxygen atoms in total. The molecule has 0 aliphatic heterocycles. The van der Waals surface area contributed by atoms with Crippen molar-refractivity contribution in [1.82, 2.24) is 0 Å². The lowest BCUT2D eigenvalue weighted by Gasteiger charge is -2.20. The van der Waals surface area contributed by atoms with E-state index in [0.29, 0.717) is 12.2 Å². The zero-order valence-corrected chi connectivity index (χ0v) is 34.2. The van der Waals surface area contributed by atoms with Crippen molar-refractivity contribution in [1.29, 1.82) is 0 Å². The molecule has 2 atom stereocenters. The lowest BCUT2D eigenvalue weighted by molar-refractivity contribution is -0.161. The fraction of sp³-hybridized carbons (Fsp3) is 0.810. The van der Waals surface area contributed by atoms with Gasteiger partial charge in [0, 0.05) is 18.9 Å². The van der Waals surface area contributed by atoms with E-state index in [2.05, 4.69) is 13.8 Å². The number of benzene rings is 1. The molecule has 302 valence electrons. The van der Waals surface area contributed by atoms with Gasteiger partial charge in [-0.2, -0.15) is 0 Å². The molecule has 1 rings (SSSR count). The second-order valence-electron chi connectivity index (χ2n) is 14.3. The molecule has 0 bridgehead atoms. The Morgan fingerprint density at radius 2 is 1.00 bits per heavy atom. The maximum Gasteiger partial charge on any atom is 0.527 e. The molecule has 0 saturated carbocycles. The molecule has 0 fully saturated rings. The molecule has 0 amide bonds. The standard InChI is InChI=1S/C42H75O9P/c1-4-6-8-10-12-14-16-18-20-22-24-26-28-33-41(43)48-36-40(37-49-52(45,46)51-39-32-30-31-38(35-39)47-3)50-42(44)34-29-27-25-23-21-19-17-15-13-11-9-7-5-2/h30-32,35,40H,4-29,33-34,36-37H2,1-3H3,(H,45,46)/t40-/m1/s1. The van der Waals surface area contributed by atoms with Crippen molar-refractivity contribution in [3.05, 3.63) is 24.3 Å². The van der Waals surface area contributed by atoms with E-state index in [4.69, 9.17) is 23.3 Å². The van der Waals surface area contributed by atoms with Gasteiger partial charge in [-0.15, -0.1) is 0 Å². The van der Waals surface area contributed by atoms with E-state index in [-0.39, 0.29) is 31.2 Å². The number of esters is 2. The lowest BCUT2D eigenvalue weighted by atomic mass is 10.0. The van der Waals surface area contributed by atoms with Gasteiger partial charge < -0.3 is 18.7 Å². The first-order valence-electron chi connectivity index (χ1n) is 21.0. The van der Waals surface area contributed by atoms with Gasteiger partial charge >= 0.3 is 19.8 Å². The molecule has 52 heavy (non-hydrogen) atoms. The molecule has 0 spiro atoms. The Morgan fingerprint density at radius 1 is 0.596 bits per heavy atom. The fourth-order valence-electron chi connectivity index (χ4n) is 6.19. The van der Waals surface area contributed by atoms with Crippen LogP contribution in [0.3, 0.4) is 0 Å². The summed E-state index contributed by atoms with van der Waals surface area (Å²) in [6, 6.07) is 6.25. The monoisotopic (exact) mass is 755 g/mol. The van der Waals surface area contributed by atoms with Crippen LogP contribution in [-0.4, -0.2) is 43.3 Å². The van der Waals surface area contributed by atoms with Crippen molar-refractivity contribution < 1.29 is 42.3 Å². The molecule has 0 radical (unpaired) electrons. The van der Waals surface area contributed by atoms with Gasteiger partial charge in [0.05, 0.1) is 7.11 Å². The third-order valence-electron chi connectivity index (χ3n) is 9.38. The first-order chi connectivity index (χ1) is 25.3. The van der Waals surface area contributed by atoms with Gasteiger partial charge in [0.15, 0.2) is 6.10 Å². The van der Waals surface area contributed by atoms with Crippen LogP contribution in [0, 0.1) is 0 Å². The summed E-state index contributed by atoms with van der Waals surface area (Å²) in [6.07, 6.45) is 31.0. The molecule has 0 aliphatic carbocycles. The largest absolute Gasteiger partial charge is 0.527 e. The summed E-state index contributed by atoms with van der Waals surface area (Å²) >= 11 is 0. The van der Waals surface area contributed by atoms with Crippen LogP contribution in [0.1, 0.15) is 194 Å². The van der Waals surface area contributed by atoms with E-state index in [1.54, 1.807) is 12.1 Å². The van der Waals surface area contributed by atoms with Crippen LogP contribution in [0.2, 0.25) is 0 Å². The maximum atomic E-state index is 12.7. The molecule has 1 unspecified atom stereocenters. The van der Waals surface area contributed by atoms with E-state index < -0.39 is 26.5 Å². The smallest absolute Gasteiger partial charge is 0.497 e. The number of rotatable bonds is 37. The van der Waals surface area contributed by atoms with Gasteiger partial charge in [-0.05, 0) is 25.0 Å². The predicted octanol–water partition coefficient (Wildman–Crippen LogP) is 12.6. The minimum absolute atomic E-state index is 0.0883. The molecule has 0 aliphatic rings. The summed E-state index contributed by atoms with van der Waals surface area (Å²) in [5, 5.41) is 0. The van der Waals surface area contributed by atoms with Gasteiger partial charge in [-0.1, -0.05) is 174 Å². The Hall–Kier alpha value is -2.09. The van der Waals surface area contributed by atoms with E-state index >= 15 is 0 Å². The number of unbranched alkanes of at least 4 members (excludes halogenated alkanes) is 24. The zero-order chi connectivity index (χ0) is 38.0. The summed E-state index contributed by atoms with van der Waals surface area (Å²) in [6.45, 7) is 3.77. The number of methoxy groups -OCH3 is 1. The fourth-order valence-corrected chi connectivity index (χ4v) is 6.98. The van der Waals surface area contributed by atoms with Crippen LogP contribution in [0.4, 0.5) is 0 Å². The number of ether oxygens (including phenoxy) is 3. The van der Waals surface area contributed by atoms with Gasteiger partial charge in [-0.25, -0.2) is 4.57 Å². The molecule has 0 aromatic heterocycles. The minimum atomic E-state index is -4.57. The van der Waals surface area contributed by atoms with Crippen molar-refractivity contribution in [2.24, 2.45) is 0 Å². The van der Waals surface area contributed by atoms with Crippen molar-refractivity contribution in [3.8, 4) is 11.5 Å². The number of hydrogen-bond donors (Lipinski definition) is 1. The average molecular weight is 755 g/mol. The predicted molar refractivity (Wildman–Crippen MR) is 211 cm³/mol. The van der Waals surface area contributed by atoms with Crippen LogP contribution in [0.15, 0.2) is 24.3 Å². The highest BCUT2D eigenvalue weighted by atomic mass is 31.2. The van der Waals surface area contributed by atoms with Crippen LogP contribution in [0.5, 0.6) is 11.5 Å². The molecule has 1 N–H and O–H groups in total. The highest BCUT2D eigenvalue weighted by molar-refractivity contribution is 7.47. The molecule has 0 saturated heterocycles. The first-order valence-corrected chi connectivity index (χ1v) is 22.4. The number of carbonyl (C=O) groups is 2. The van der Waals surface area contributed by atoms with Gasteiger partial charge in [0.25, 0.3) is 0 Å². The second kappa shape index (κ2) is 33.5. The third kappa shape index (κ3) is 29.4. The van der Waals surface area contributed by atoms with Gasteiger partial charge in [0.2, 0.25) is 0 Å². The van der Waals surface area contributed by atoms with Crippen LogP contribution in [0.25, 0.3) is 0 Å². The van der Waals surface area contributed by atoms with Crippen molar-refractivity contribution in [2.45, 2.75) is 200 Å². The Balaban J connectivity index is 2.38. The molecule has 10 heteroatoms. The molecule has 1 aromatic carbocycles. The number of phosphoric ester groups is 1. The number of hydrogen-bond acceptors (Lipinski definition) is 8. The van der Waals surface area contributed by atoms with Crippen molar-refractivity contribution in [3.63, 3.8) is 0 Å². The van der Waals surface area contributed by atoms with Gasteiger partial charge in [-0.3, -0.25) is 19.0 Å². The summed E-state index contributed by atoms with van der Waals surface area (Å²) < 4.78 is 39.2. The maximum absolute atomic E-state index is 12.7. The normalized spacial score (nSPS) is 13.0. The Morgan fingerprint density at radius 3 is 1.44 bits per heavy atom. The number of phosphoric acid groups is 1. The second-order valence-corrected chi connectivity index (χ2v) is 15.7. The summed E-state index contributed by atoms with van der Waals surface area (Å²) in [7, 11) is -3.09. The van der Waals surface area contributed by atoms with E-state index in [0.717, 1.165) is 38.5 Å². The van der Waals surface area contributed by atoms with Crippen molar-refractivity contribution >= 4 is 19.8 Å². The first kappa shape index (κ1) is 47.9. The summed E-state index contributed by atoms with van der Waals surface area (Å²) in [5.74, 6) is -0.301. The minimum Gasteiger partial charge on any atom is -0.497 e. The van der Waals surface area contributed by atoms with E-state index in [1.165, 1.54) is 141 Å². The molecular weight excluding hydrogens is 679 g/mol. The van der Waals surface area contributed by atoms with Crippen LogP contribution >= 0.6 is 7.82 Å². The zero-order valence-electron chi connectivity index (χ0n) is 33.3.